The summed E-state index contributed by atoms with van der Waals surface area (Å²) in [6, 6.07) is 30.0. The average molecular weight is 516 g/mol. The number of carbonyl (C=O) groups excluding carboxylic acids is 1. The van der Waals surface area contributed by atoms with Crippen LogP contribution in [0.2, 0.25) is 0 Å². The van der Waals surface area contributed by atoms with Crippen LogP contribution in [-0.4, -0.2) is 37.0 Å². The van der Waals surface area contributed by atoms with Crippen LogP contribution >= 0.6 is 15.9 Å². The van der Waals surface area contributed by atoms with E-state index < -0.39 is 0 Å². The molecule has 0 radical (unpaired) electrons. The minimum atomic E-state index is -0.259. The number of benzene rings is 3. The van der Waals surface area contributed by atoms with E-state index >= 15 is 0 Å². The van der Waals surface area contributed by atoms with Crippen molar-refractivity contribution >= 4 is 33.2 Å². The summed E-state index contributed by atoms with van der Waals surface area (Å²) in [6.45, 7) is 5.04. The van der Waals surface area contributed by atoms with E-state index in [-0.39, 0.29) is 11.7 Å². The van der Waals surface area contributed by atoms with Crippen molar-refractivity contribution in [3.05, 3.63) is 107 Å². The molecule has 6 heteroatoms. The van der Waals surface area contributed by atoms with Gasteiger partial charge in [0.1, 0.15) is 5.76 Å². The number of furan rings is 1. The first-order chi connectivity index (χ1) is 16.6. The van der Waals surface area contributed by atoms with E-state index in [1.54, 1.807) is 6.07 Å². The number of rotatable bonds is 6. The zero-order valence-electron chi connectivity index (χ0n) is 18.8. The van der Waals surface area contributed by atoms with Crippen LogP contribution in [0.5, 0.6) is 0 Å². The first kappa shape index (κ1) is 22.4. The van der Waals surface area contributed by atoms with Gasteiger partial charge in [-0.1, -0.05) is 58.4 Å². The summed E-state index contributed by atoms with van der Waals surface area (Å²) in [4.78, 5) is 17.5. The highest BCUT2D eigenvalue weighted by molar-refractivity contribution is 9.10. The summed E-state index contributed by atoms with van der Waals surface area (Å²) in [5.41, 5.74) is 4.21. The van der Waals surface area contributed by atoms with Crippen molar-refractivity contribution in [1.82, 2.24) is 4.90 Å². The van der Waals surface area contributed by atoms with Gasteiger partial charge in [-0.15, -0.1) is 0 Å². The molecule has 0 spiro atoms. The maximum absolute atomic E-state index is 12.7. The molecule has 4 aromatic rings. The summed E-state index contributed by atoms with van der Waals surface area (Å²) < 4.78 is 6.77. The molecule has 1 aliphatic rings. The molecule has 1 amide bonds. The summed E-state index contributed by atoms with van der Waals surface area (Å²) in [6.07, 6.45) is 0. The molecule has 0 bridgehead atoms. The molecule has 0 aliphatic carbocycles. The van der Waals surface area contributed by atoms with Gasteiger partial charge in [-0.25, -0.2) is 0 Å². The van der Waals surface area contributed by atoms with Gasteiger partial charge in [0, 0.05) is 54.1 Å². The van der Waals surface area contributed by atoms with Crippen molar-refractivity contribution in [2.75, 3.05) is 36.4 Å². The summed E-state index contributed by atoms with van der Waals surface area (Å²) >= 11 is 3.43. The Bertz CT molecular complexity index is 1230. The molecule has 3 aromatic carbocycles. The predicted octanol–water partition coefficient (Wildman–Crippen LogP) is 6.28. The average Bonchev–Trinajstić information content (AvgIpc) is 3.37. The molecular weight excluding hydrogens is 490 g/mol. The summed E-state index contributed by atoms with van der Waals surface area (Å²) in [5.74, 6) is 0.696. The van der Waals surface area contributed by atoms with Crippen LogP contribution in [0, 0.1) is 0 Å². The first-order valence-corrected chi connectivity index (χ1v) is 12.2. The standard InChI is InChI=1S/C28H26BrN3O2/c29-23-8-6-22(7-9-23)26-14-15-27(34-26)28(33)30-24-10-12-25(13-11-24)32-18-16-31(17-19-32)20-21-4-2-1-3-5-21/h1-15H,16-20H2,(H,30,33). The normalized spacial score (nSPS) is 14.2. The molecule has 34 heavy (non-hydrogen) atoms. The van der Waals surface area contributed by atoms with E-state index in [0.717, 1.165) is 48.4 Å². The molecule has 0 atom stereocenters. The molecule has 2 heterocycles. The zero-order chi connectivity index (χ0) is 23.3. The van der Waals surface area contributed by atoms with Crippen molar-refractivity contribution in [3.8, 4) is 11.3 Å². The van der Waals surface area contributed by atoms with Crippen molar-refractivity contribution in [3.63, 3.8) is 0 Å². The third-order valence-electron chi connectivity index (χ3n) is 6.07. The minimum absolute atomic E-state index is 0.259. The molecule has 1 aliphatic heterocycles. The van der Waals surface area contributed by atoms with E-state index in [0.29, 0.717) is 5.76 Å². The Morgan fingerprint density at radius 2 is 1.53 bits per heavy atom. The van der Waals surface area contributed by atoms with Gasteiger partial charge in [0.25, 0.3) is 5.91 Å². The number of anilines is 2. The molecule has 0 unspecified atom stereocenters. The topological polar surface area (TPSA) is 48.7 Å². The third-order valence-corrected chi connectivity index (χ3v) is 6.60. The Morgan fingerprint density at radius 1 is 0.824 bits per heavy atom. The van der Waals surface area contributed by atoms with Gasteiger partial charge in [0.2, 0.25) is 0 Å². The molecule has 5 nitrogen and oxygen atoms in total. The highest BCUT2D eigenvalue weighted by atomic mass is 79.9. The highest BCUT2D eigenvalue weighted by Crippen LogP contribution is 2.25. The van der Waals surface area contributed by atoms with Gasteiger partial charge < -0.3 is 14.6 Å². The number of nitrogens with one attached hydrogen (secondary N) is 1. The number of hydrogen-bond donors (Lipinski definition) is 1. The molecule has 1 fully saturated rings. The lowest BCUT2D eigenvalue weighted by atomic mass is 10.2. The molecule has 5 rings (SSSR count). The fraction of sp³-hybridized carbons (Fsp3) is 0.179. The van der Waals surface area contributed by atoms with E-state index in [4.69, 9.17) is 4.42 Å². The molecular formula is C28H26BrN3O2. The fourth-order valence-electron chi connectivity index (χ4n) is 4.18. The molecule has 1 aromatic heterocycles. The Kier molecular flexibility index (Phi) is 6.79. The third kappa shape index (κ3) is 5.41. The quantitative estimate of drug-likeness (QED) is 0.328. The van der Waals surface area contributed by atoms with Crippen LogP contribution in [0.15, 0.2) is 99.9 Å². The van der Waals surface area contributed by atoms with Crippen molar-refractivity contribution in [1.29, 1.82) is 0 Å². The van der Waals surface area contributed by atoms with Crippen LogP contribution in [0.25, 0.3) is 11.3 Å². The summed E-state index contributed by atoms with van der Waals surface area (Å²) in [7, 11) is 0. The minimum Gasteiger partial charge on any atom is -0.451 e. The summed E-state index contributed by atoms with van der Waals surface area (Å²) in [5, 5.41) is 2.93. The Hall–Kier alpha value is -3.35. The number of halogens is 1. The second-order valence-corrected chi connectivity index (χ2v) is 9.34. The lowest BCUT2D eigenvalue weighted by Crippen LogP contribution is -2.45. The van der Waals surface area contributed by atoms with E-state index in [2.05, 4.69) is 73.5 Å². The zero-order valence-corrected chi connectivity index (χ0v) is 20.4. The molecule has 1 saturated heterocycles. The Balaban J connectivity index is 1.15. The van der Waals surface area contributed by atoms with Gasteiger partial charge >= 0.3 is 0 Å². The van der Waals surface area contributed by atoms with Crippen molar-refractivity contribution in [2.45, 2.75) is 6.54 Å². The van der Waals surface area contributed by atoms with E-state index in [1.165, 1.54) is 11.3 Å². The first-order valence-electron chi connectivity index (χ1n) is 11.4. The fourth-order valence-corrected chi connectivity index (χ4v) is 4.45. The van der Waals surface area contributed by atoms with Gasteiger partial charge in [0.05, 0.1) is 0 Å². The Morgan fingerprint density at radius 3 is 2.24 bits per heavy atom. The molecule has 0 saturated carbocycles. The molecule has 172 valence electrons. The number of carbonyl (C=O) groups is 1. The number of amides is 1. The molecule has 1 N–H and O–H groups in total. The van der Waals surface area contributed by atoms with Crippen molar-refractivity contribution < 1.29 is 9.21 Å². The number of hydrogen-bond acceptors (Lipinski definition) is 4. The lowest BCUT2D eigenvalue weighted by Gasteiger charge is -2.36. The largest absolute Gasteiger partial charge is 0.451 e. The number of nitrogens with zero attached hydrogens (tertiary/aromatic N) is 2. The van der Waals surface area contributed by atoms with Crippen molar-refractivity contribution in [2.24, 2.45) is 0 Å². The SMILES string of the molecule is O=C(Nc1ccc(N2CCN(Cc3ccccc3)CC2)cc1)c1ccc(-c2ccc(Br)cc2)o1. The number of piperazine rings is 1. The second-order valence-electron chi connectivity index (χ2n) is 8.42. The maximum atomic E-state index is 12.7. The highest BCUT2D eigenvalue weighted by Gasteiger charge is 2.18. The predicted molar refractivity (Wildman–Crippen MR) is 140 cm³/mol. The lowest BCUT2D eigenvalue weighted by molar-refractivity contribution is 0.0997. The Labute approximate surface area is 208 Å². The van der Waals surface area contributed by atoms with Gasteiger partial charge in [-0.2, -0.15) is 0 Å². The van der Waals surface area contributed by atoms with Gasteiger partial charge in [-0.05, 0) is 54.1 Å². The second kappa shape index (κ2) is 10.3. The van der Waals surface area contributed by atoms with Gasteiger partial charge in [-0.3, -0.25) is 9.69 Å². The van der Waals surface area contributed by atoms with Gasteiger partial charge in [0.15, 0.2) is 5.76 Å². The van der Waals surface area contributed by atoms with Crippen LogP contribution in [-0.2, 0) is 6.54 Å². The van der Waals surface area contributed by atoms with E-state index in [9.17, 15) is 4.79 Å². The smallest absolute Gasteiger partial charge is 0.291 e. The van der Waals surface area contributed by atoms with Crippen LogP contribution < -0.4 is 10.2 Å². The van der Waals surface area contributed by atoms with Crippen LogP contribution in [0.4, 0.5) is 11.4 Å². The monoisotopic (exact) mass is 515 g/mol. The van der Waals surface area contributed by atoms with Crippen LogP contribution in [0.1, 0.15) is 16.1 Å². The maximum Gasteiger partial charge on any atom is 0.291 e. The van der Waals surface area contributed by atoms with E-state index in [1.807, 2.05) is 42.5 Å². The van der Waals surface area contributed by atoms with Crippen LogP contribution in [0.3, 0.4) is 0 Å².